The van der Waals surface area contributed by atoms with E-state index in [1.165, 1.54) is 6.07 Å². The van der Waals surface area contributed by atoms with Crippen molar-refractivity contribution >= 4 is 12.0 Å². The summed E-state index contributed by atoms with van der Waals surface area (Å²) in [5, 5.41) is 5.27. The molecular formula is C12H22N5O2+. The van der Waals surface area contributed by atoms with Gasteiger partial charge < -0.3 is 11.1 Å². The van der Waals surface area contributed by atoms with Crippen LogP contribution in [0.2, 0.25) is 0 Å². The zero-order valence-corrected chi connectivity index (χ0v) is 11.2. The summed E-state index contributed by atoms with van der Waals surface area (Å²) in [6, 6.07) is 1.08. The van der Waals surface area contributed by atoms with Gasteiger partial charge in [0.05, 0.1) is 11.8 Å². The fourth-order valence-electron chi connectivity index (χ4n) is 1.67. The third kappa shape index (κ3) is 6.56. The quantitative estimate of drug-likeness (QED) is 0.527. The Bertz CT molecular complexity index is 458. The molecule has 0 fully saturated rings. The first-order chi connectivity index (χ1) is 9.11. The first-order valence-electron chi connectivity index (χ1n) is 6.50. The van der Waals surface area contributed by atoms with Crippen molar-refractivity contribution in [2.75, 3.05) is 18.4 Å². The van der Waals surface area contributed by atoms with E-state index in [4.69, 9.17) is 5.73 Å². The lowest BCUT2D eigenvalue weighted by atomic mass is 10.2. The fraction of sp³-hybridized carbons (Fsp3) is 0.583. The number of urea groups is 1. The van der Waals surface area contributed by atoms with Crippen molar-refractivity contribution in [3.63, 3.8) is 0 Å². The van der Waals surface area contributed by atoms with Crippen molar-refractivity contribution in [3.8, 4) is 0 Å². The second kappa shape index (κ2) is 8.25. The first kappa shape index (κ1) is 15.2. The minimum absolute atomic E-state index is 0.256. The van der Waals surface area contributed by atoms with E-state index < -0.39 is 0 Å². The Morgan fingerprint density at radius 1 is 1.37 bits per heavy atom. The van der Waals surface area contributed by atoms with E-state index in [-0.39, 0.29) is 17.5 Å². The number of aromatic amines is 2. The summed E-state index contributed by atoms with van der Waals surface area (Å²) in [5.74, 6) is 0.283. The lowest BCUT2D eigenvalue weighted by molar-refractivity contribution is -0.374. The molecule has 0 aliphatic carbocycles. The predicted molar refractivity (Wildman–Crippen MR) is 72.9 cm³/mol. The molecular weight excluding hydrogens is 246 g/mol. The van der Waals surface area contributed by atoms with Gasteiger partial charge in [0, 0.05) is 6.54 Å². The average molecular weight is 268 g/mol. The summed E-state index contributed by atoms with van der Waals surface area (Å²) >= 11 is 0. The van der Waals surface area contributed by atoms with Crippen LogP contribution in [-0.2, 0) is 0 Å². The second-order valence-electron chi connectivity index (χ2n) is 4.40. The molecule has 0 aliphatic heterocycles. The van der Waals surface area contributed by atoms with Gasteiger partial charge in [0.1, 0.15) is 0 Å². The van der Waals surface area contributed by atoms with Gasteiger partial charge in [0.15, 0.2) is 0 Å². The smallest absolute Gasteiger partial charge is 0.330 e. The Morgan fingerprint density at radius 2 is 2.11 bits per heavy atom. The van der Waals surface area contributed by atoms with E-state index in [1.807, 2.05) is 0 Å². The topological polar surface area (TPSA) is 114 Å². The largest absolute Gasteiger partial charge is 0.379 e. The Kier molecular flexibility index (Phi) is 6.59. The van der Waals surface area contributed by atoms with Gasteiger partial charge in [-0.1, -0.05) is 12.8 Å². The number of amides is 2. The predicted octanol–water partition coefficient (Wildman–Crippen LogP) is 0.138. The molecule has 1 heterocycles. The Morgan fingerprint density at radius 3 is 2.79 bits per heavy atom. The van der Waals surface area contributed by atoms with Gasteiger partial charge in [-0.25, -0.2) is 14.8 Å². The molecule has 0 aromatic carbocycles. The molecule has 1 aromatic rings. The number of unbranched alkanes of at least 4 members (excludes halogenated alkanes) is 3. The number of nitrogens with one attached hydrogen (secondary N) is 4. The molecule has 0 atom stereocenters. The van der Waals surface area contributed by atoms with Gasteiger partial charge in [-0.2, -0.15) is 5.32 Å². The van der Waals surface area contributed by atoms with E-state index in [1.54, 1.807) is 6.92 Å². The van der Waals surface area contributed by atoms with E-state index in [0.717, 1.165) is 25.7 Å². The zero-order valence-electron chi connectivity index (χ0n) is 11.2. The number of hydrogen-bond donors (Lipinski definition) is 4. The molecule has 0 spiro atoms. The maximum absolute atomic E-state index is 11.5. The SMILES string of the molecule is Cc1cc(=O)[nH]c(NC(=O)NCCCCCCN)[nH+]1. The van der Waals surface area contributed by atoms with Gasteiger partial charge in [-0.3, -0.25) is 4.79 Å². The molecule has 106 valence electrons. The van der Waals surface area contributed by atoms with Crippen molar-refractivity contribution < 1.29 is 9.78 Å². The number of H-pyrrole nitrogens is 2. The third-order valence-corrected chi connectivity index (χ3v) is 2.57. The van der Waals surface area contributed by atoms with Gasteiger partial charge in [0.2, 0.25) is 0 Å². The number of anilines is 1. The van der Waals surface area contributed by atoms with Crippen molar-refractivity contribution in [1.29, 1.82) is 0 Å². The summed E-state index contributed by atoms with van der Waals surface area (Å²) in [6.07, 6.45) is 4.07. The number of carbonyl (C=O) groups excluding carboxylic acids is 1. The van der Waals surface area contributed by atoms with Crippen LogP contribution in [0, 0.1) is 6.92 Å². The molecule has 7 nitrogen and oxygen atoms in total. The highest BCUT2D eigenvalue weighted by Gasteiger charge is 2.09. The molecule has 0 unspecified atom stereocenters. The summed E-state index contributed by atoms with van der Waals surface area (Å²) in [4.78, 5) is 28.1. The highest BCUT2D eigenvalue weighted by molar-refractivity contribution is 5.86. The molecule has 0 saturated heterocycles. The average Bonchev–Trinajstić information content (AvgIpc) is 2.32. The summed E-state index contributed by atoms with van der Waals surface area (Å²) < 4.78 is 0. The maximum atomic E-state index is 11.5. The molecule has 7 heteroatoms. The van der Waals surface area contributed by atoms with Crippen LogP contribution in [0.4, 0.5) is 10.7 Å². The van der Waals surface area contributed by atoms with Crippen molar-refractivity contribution in [2.24, 2.45) is 5.73 Å². The molecule has 6 N–H and O–H groups in total. The summed E-state index contributed by atoms with van der Waals surface area (Å²) in [6.45, 7) is 3.06. The lowest BCUT2D eigenvalue weighted by Gasteiger charge is -2.03. The third-order valence-electron chi connectivity index (χ3n) is 2.57. The highest BCUT2D eigenvalue weighted by Crippen LogP contribution is 1.97. The van der Waals surface area contributed by atoms with Gasteiger partial charge in [-0.05, 0) is 26.3 Å². The van der Waals surface area contributed by atoms with Crippen LogP contribution in [-0.4, -0.2) is 24.1 Å². The van der Waals surface area contributed by atoms with Crippen LogP contribution >= 0.6 is 0 Å². The summed E-state index contributed by atoms with van der Waals surface area (Å²) in [5.41, 5.74) is 5.81. The monoisotopic (exact) mass is 268 g/mol. The number of aromatic nitrogens is 2. The van der Waals surface area contributed by atoms with Gasteiger partial charge >= 0.3 is 17.5 Å². The molecule has 1 aromatic heterocycles. The molecule has 0 radical (unpaired) electrons. The molecule has 1 rings (SSSR count). The van der Waals surface area contributed by atoms with Crippen molar-refractivity contribution in [1.82, 2.24) is 10.3 Å². The molecule has 19 heavy (non-hydrogen) atoms. The number of nitrogens with two attached hydrogens (primary N) is 1. The standard InChI is InChI=1S/C12H21N5O2/c1-9-8-10(18)16-11(15-9)17-12(19)14-7-5-3-2-4-6-13/h8H,2-7,13H2,1H3,(H3,14,15,16,17,18,19)/p+1. The minimum atomic E-state index is -0.337. The molecule has 2 amide bonds. The van der Waals surface area contributed by atoms with Crippen LogP contribution < -0.4 is 26.9 Å². The lowest BCUT2D eigenvalue weighted by Crippen LogP contribution is -2.34. The molecule has 0 saturated carbocycles. The van der Waals surface area contributed by atoms with Crippen LogP contribution in [0.25, 0.3) is 0 Å². The number of rotatable bonds is 7. The minimum Gasteiger partial charge on any atom is -0.330 e. The number of carbonyl (C=O) groups is 1. The van der Waals surface area contributed by atoms with Crippen molar-refractivity contribution in [3.05, 3.63) is 22.1 Å². The second-order valence-corrected chi connectivity index (χ2v) is 4.40. The molecule has 0 bridgehead atoms. The van der Waals surface area contributed by atoms with Gasteiger partial charge in [0.25, 0.3) is 0 Å². The van der Waals surface area contributed by atoms with Gasteiger partial charge in [-0.15, -0.1) is 0 Å². The van der Waals surface area contributed by atoms with E-state index in [0.29, 0.717) is 18.8 Å². The van der Waals surface area contributed by atoms with E-state index in [9.17, 15) is 9.59 Å². The van der Waals surface area contributed by atoms with Crippen LogP contribution in [0.5, 0.6) is 0 Å². The number of hydrogen-bond acceptors (Lipinski definition) is 3. The molecule has 0 aliphatic rings. The number of aryl methyl sites for hydroxylation is 1. The summed E-state index contributed by atoms with van der Waals surface area (Å²) in [7, 11) is 0. The normalized spacial score (nSPS) is 10.2. The Hall–Kier alpha value is -1.89. The fourth-order valence-corrected chi connectivity index (χ4v) is 1.67. The van der Waals surface area contributed by atoms with Crippen LogP contribution in [0.15, 0.2) is 10.9 Å². The Labute approximate surface area is 112 Å². The van der Waals surface area contributed by atoms with Crippen LogP contribution in [0.1, 0.15) is 31.4 Å². The van der Waals surface area contributed by atoms with E-state index in [2.05, 4.69) is 20.6 Å². The van der Waals surface area contributed by atoms with Crippen LogP contribution in [0.3, 0.4) is 0 Å². The first-order valence-corrected chi connectivity index (χ1v) is 6.50. The maximum Gasteiger partial charge on any atom is 0.379 e. The highest BCUT2D eigenvalue weighted by atomic mass is 16.2. The zero-order chi connectivity index (χ0) is 14.1. The Balaban J connectivity index is 2.25. The van der Waals surface area contributed by atoms with Crippen molar-refractivity contribution in [2.45, 2.75) is 32.6 Å². The van der Waals surface area contributed by atoms with E-state index >= 15 is 0 Å².